The highest BCUT2D eigenvalue weighted by Crippen LogP contribution is 2.51. The zero-order valence-corrected chi connectivity index (χ0v) is 20.2. The number of rotatable bonds is 7. The van der Waals surface area contributed by atoms with Crippen LogP contribution >= 0.6 is 15.5 Å². The van der Waals surface area contributed by atoms with Gasteiger partial charge in [0.05, 0.1) is 5.30 Å². The molecule has 0 fully saturated rings. The first-order valence-electron chi connectivity index (χ1n) is 11.0. The van der Waals surface area contributed by atoms with Gasteiger partial charge in [-0.25, -0.2) is 5.09 Å². The fraction of sp³-hybridized carbons (Fsp3) is 0.0769. The van der Waals surface area contributed by atoms with Crippen molar-refractivity contribution in [1.82, 2.24) is 10.2 Å². The lowest BCUT2D eigenvalue weighted by Gasteiger charge is -2.28. The maximum Gasteiger partial charge on any atom is 0.347 e. The van der Waals surface area contributed by atoms with Crippen molar-refractivity contribution in [2.45, 2.75) is 0 Å². The number of phenols is 1. The van der Waals surface area contributed by atoms with Gasteiger partial charge in [-0.1, -0.05) is 72.8 Å². The standard InChI is InChI=1S/C26H24N2O4P2/c29-23-13-5-1-9-19(23)21-11-3-7-15-25(21)33(30)27-17-18-28-34(31)26-16-8-4-12-22(26)20-10-2-6-14-24(20)32-34/h1-16,29,33H,17-18H2,(H,27,30)(H,28,31). The maximum atomic E-state index is 13.8. The SMILES string of the molecule is O=[PH](NCCNP1(=O)Oc2ccccc2-c2ccccc21)c1ccccc1-c1ccccc1O. The van der Waals surface area contributed by atoms with Crippen molar-refractivity contribution in [2.24, 2.45) is 0 Å². The summed E-state index contributed by atoms with van der Waals surface area (Å²) in [5, 5.41) is 17.6. The first-order valence-corrected chi connectivity index (χ1v) is 14.0. The maximum absolute atomic E-state index is 13.8. The second-order valence-electron chi connectivity index (χ2n) is 7.88. The highest BCUT2D eigenvalue weighted by atomic mass is 31.2. The van der Waals surface area contributed by atoms with Crippen LogP contribution in [-0.2, 0) is 9.13 Å². The highest BCUT2D eigenvalue weighted by molar-refractivity contribution is 7.65. The van der Waals surface area contributed by atoms with Gasteiger partial charge < -0.3 is 14.2 Å². The number of fused-ring (bicyclic) bond motifs is 3. The minimum atomic E-state index is -3.35. The molecular formula is C26H24N2O4P2. The van der Waals surface area contributed by atoms with Crippen molar-refractivity contribution >= 4 is 26.1 Å². The van der Waals surface area contributed by atoms with Gasteiger partial charge in [-0.15, -0.1) is 0 Å². The Morgan fingerprint density at radius 3 is 2.15 bits per heavy atom. The van der Waals surface area contributed by atoms with Crippen LogP contribution in [0.4, 0.5) is 0 Å². The fourth-order valence-corrected chi connectivity index (χ4v) is 7.35. The number of para-hydroxylation sites is 2. The second-order valence-corrected chi connectivity index (χ2v) is 11.5. The van der Waals surface area contributed by atoms with Crippen LogP contribution < -0.4 is 25.3 Å². The van der Waals surface area contributed by atoms with Crippen LogP contribution in [0.3, 0.4) is 0 Å². The Kier molecular flexibility index (Phi) is 6.40. The molecule has 0 amide bonds. The summed E-state index contributed by atoms with van der Waals surface area (Å²) in [7, 11) is -5.72. The molecule has 1 aliphatic rings. The molecule has 0 aliphatic carbocycles. The molecule has 3 N–H and O–H groups in total. The van der Waals surface area contributed by atoms with Crippen LogP contribution in [0.1, 0.15) is 0 Å². The molecule has 6 nitrogen and oxygen atoms in total. The molecule has 0 radical (unpaired) electrons. The molecule has 0 bridgehead atoms. The summed E-state index contributed by atoms with van der Waals surface area (Å²) in [4.78, 5) is 0. The first-order chi connectivity index (χ1) is 16.6. The highest BCUT2D eigenvalue weighted by Gasteiger charge is 2.35. The Labute approximate surface area is 199 Å². The lowest BCUT2D eigenvalue weighted by molar-refractivity contribution is 0.476. The summed E-state index contributed by atoms with van der Waals surface area (Å²) in [6.45, 7) is 0.618. The van der Waals surface area contributed by atoms with E-state index in [1.165, 1.54) is 0 Å². The van der Waals surface area contributed by atoms with Crippen LogP contribution in [0.25, 0.3) is 22.3 Å². The predicted octanol–water partition coefficient (Wildman–Crippen LogP) is 4.92. The molecule has 0 saturated heterocycles. The van der Waals surface area contributed by atoms with E-state index in [0.717, 1.165) is 16.7 Å². The van der Waals surface area contributed by atoms with Gasteiger partial charge in [-0.05, 0) is 29.8 Å². The largest absolute Gasteiger partial charge is 0.507 e. The van der Waals surface area contributed by atoms with Crippen molar-refractivity contribution in [2.75, 3.05) is 13.1 Å². The molecule has 2 unspecified atom stereocenters. The number of nitrogens with one attached hydrogen (secondary N) is 2. The predicted molar refractivity (Wildman–Crippen MR) is 138 cm³/mol. The summed E-state index contributed by atoms with van der Waals surface area (Å²) >= 11 is 0. The Hall–Kier alpha value is -3.14. The minimum Gasteiger partial charge on any atom is -0.507 e. The third kappa shape index (κ3) is 4.34. The third-order valence-electron chi connectivity index (χ3n) is 5.72. The molecule has 0 aromatic heterocycles. The van der Waals surface area contributed by atoms with E-state index in [4.69, 9.17) is 4.52 Å². The van der Waals surface area contributed by atoms with Gasteiger partial charge in [0.15, 0.2) is 7.95 Å². The number of benzene rings is 4. The van der Waals surface area contributed by atoms with Crippen molar-refractivity contribution < 1.29 is 18.8 Å². The lowest BCUT2D eigenvalue weighted by Crippen LogP contribution is -2.31. The van der Waals surface area contributed by atoms with Gasteiger partial charge in [0, 0.05) is 35.1 Å². The van der Waals surface area contributed by atoms with Gasteiger partial charge >= 0.3 is 7.52 Å². The fourth-order valence-electron chi connectivity index (χ4n) is 4.12. The van der Waals surface area contributed by atoms with E-state index in [1.54, 1.807) is 24.3 Å². The zero-order valence-electron chi connectivity index (χ0n) is 18.3. The molecule has 172 valence electrons. The van der Waals surface area contributed by atoms with E-state index in [0.29, 0.717) is 35.0 Å². The van der Waals surface area contributed by atoms with Crippen LogP contribution in [0.15, 0.2) is 97.1 Å². The molecule has 1 heterocycles. The van der Waals surface area contributed by atoms with Gasteiger partial charge in [-0.3, -0.25) is 9.65 Å². The Bertz CT molecular complexity index is 1420. The van der Waals surface area contributed by atoms with E-state index in [9.17, 15) is 14.2 Å². The monoisotopic (exact) mass is 490 g/mol. The van der Waals surface area contributed by atoms with Crippen molar-refractivity contribution in [3.05, 3.63) is 97.1 Å². The molecule has 0 saturated carbocycles. The van der Waals surface area contributed by atoms with Crippen LogP contribution in [0.2, 0.25) is 0 Å². The quantitative estimate of drug-likeness (QED) is 0.252. The van der Waals surface area contributed by atoms with Crippen LogP contribution in [-0.4, -0.2) is 18.2 Å². The number of phenolic OH excluding ortho intramolecular Hbond substituents is 1. The molecule has 1 aliphatic heterocycles. The number of hydrogen-bond donors (Lipinski definition) is 3. The van der Waals surface area contributed by atoms with Gasteiger partial charge in [-0.2, -0.15) is 0 Å². The van der Waals surface area contributed by atoms with Crippen molar-refractivity contribution in [3.8, 4) is 33.8 Å². The number of hydrogen-bond acceptors (Lipinski definition) is 4. The summed E-state index contributed by atoms with van der Waals surface area (Å²) in [6.07, 6.45) is 0. The summed E-state index contributed by atoms with van der Waals surface area (Å²) in [5.74, 6) is 0.716. The van der Waals surface area contributed by atoms with Gasteiger partial charge in [0.2, 0.25) is 0 Å². The van der Waals surface area contributed by atoms with E-state index in [1.807, 2.05) is 72.8 Å². The van der Waals surface area contributed by atoms with Crippen LogP contribution in [0, 0.1) is 0 Å². The molecule has 5 rings (SSSR count). The lowest BCUT2D eigenvalue weighted by atomic mass is 10.0. The molecule has 4 aromatic rings. The Morgan fingerprint density at radius 2 is 1.35 bits per heavy atom. The topological polar surface area (TPSA) is 87.7 Å². The minimum absolute atomic E-state index is 0.137. The Balaban J connectivity index is 1.29. The van der Waals surface area contributed by atoms with Crippen LogP contribution in [0.5, 0.6) is 11.5 Å². The molecule has 0 spiro atoms. The normalized spacial score (nSPS) is 17.3. The van der Waals surface area contributed by atoms with Gasteiger partial charge in [0.1, 0.15) is 11.5 Å². The first kappa shape index (κ1) is 22.6. The zero-order chi connectivity index (χ0) is 23.5. The molecule has 8 heteroatoms. The van der Waals surface area contributed by atoms with Crippen molar-refractivity contribution in [1.29, 1.82) is 0 Å². The average molecular weight is 490 g/mol. The smallest absolute Gasteiger partial charge is 0.347 e. The molecule has 34 heavy (non-hydrogen) atoms. The Morgan fingerprint density at radius 1 is 0.735 bits per heavy atom. The number of aromatic hydroxyl groups is 1. The summed E-state index contributed by atoms with van der Waals surface area (Å²) < 4.78 is 32.8. The average Bonchev–Trinajstić information content (AvgIpc) is 2.87. The summed E-state index contributed by atoms with van der Waals surface area (Å²) in [6, 6.07) is 29.4. The van der Waals surface area contributed by atoms with E-state index in [-0.39, 0.29) is 5.75 Å². The van der Waals surface area contributed by atoms with Crippen molar-refractivity contribution in [3.63, 3.8) is 0 Å². The second kappa shape index (κ2) is 9.61. The third-order valence-corrected chi connectivity index (χ3v) is 9.34. The molecular weight excluding hydrogens is 466 g/mol. The van der Waals surface area contributed by atoms with E-state index < -0.39 is 15.5 Å². The summed E-state index contributed by atoms with van der Waals surface area (Å²) in [5.41, 5.74) is 3.15. The molecule has 4 aromatic carbocycles. The van der Waals surface area contributed by atoms with E-state index >= 15 is 0 Å². The van der Waals surface area contributed by atoms with Gasteiger partial charge in [0.25, 0.3) is 0 Å². The molecule has 2 atom stereocenters. The van der Waals surface area contributed by atoms with E-state index in [2.05, 4.69) is 10.2 Å².